The number of carbonyl (C=O) groups is 2. The maximum Gasteiger partial charge on any atom is 0.224 e. The lowest BCUT2D eigenvalue weighted by Gasteiger charge is -2.19. The SMILES string of the molecule is C=CC[C@H](CC(=O)N[C@@H](CO)Cc1ccccc1)C(=O)NC[C@H](C)O. The molecule has 2 amide bonds. The molecule has 0 fully saturated rings. The molecule has 0 saturated heterocycles. The Morgan fingerprint density at radius 3 is 2.52 bits per heavy atom. The highest BCUT2D eigenvalue weighted by molar-refractivity contribution is 5.86. The Bertz CT molecular complexity index is 546. The molecule has 0 spiro atoms. The molecule has 25 heavy (non-hydrogen) atoms. The Morgan fingerprint density at radius 1 is 1.28 bits per heavy atom. The molecule has 0 saturated carbocycles. The van der Waals surface area contributed by atoms with Crippen LogP contribution >= 0.6 is 0 Å². The molecule has 0 heterocycles. The van der Waals surface area contributed by atoms with Gasteiger partial charge in [0.05, 0.1) is 24.7 Å². The first-order valence-electron chi connectivity index (χ1n) is 8.47. The predicted molar refractivity (Wildman–Crippen MR) is 96.8 cm³/mol. The van der Waals surface area contributed by atoms with Gasteiger partial charge in [-0.2, -0.15) is 0 Å². The molecule has 0 aliphatic carbocycles. The highest BCUT2D eigenvalue weighted by Gasteiger charge is 2.22. The van der Waals surface area contributed by atoms with Gasteiger partial charge in [0.25, 0.3) is 0 Å². The fourth-order valence-corrected chi connectivity index (χ4v) is 2.45. The molecule has 0 aromatic heterocycles. The second-order valence-electron chi connectivity index (χ2n) is 6.16. The third-order valence-electron chi connectivity index (χ3n) is 3.74. The summed E-state index contributed by atoms with van der Waals surface area (Å²) in [5.74, 6) is -1.14. The van der Waals surface area contributed by atoms with E-state index in [1.807, 2.05) is 30.3 Å². The molecule has 0 bridgehead atoms. The Hall–Kier alpha value is -2.18. The molecule has 6 heteroatoms. The van der Waals surface area contributed by atoms with Gasteiger partial charge in [0.2, 0.25) is 11.8 Å². The monoisotopic (exact) mass is 348 g/mol. The first kappa shape index (κ1) is 20.9. The normalized spacial score (nSPS) is 14.2. The standard InChI is InChI=1S/C19H28N2O4/c1-3-7-16(19(25)20-12-14(2)23)11-18(24)21-17(13-22)10-15-8-5-4-6-9-15/h3-6,8-9,14,16-17,22-23H,1,7,10-13H2,2H3,(H,20,25)(H,21,24)/t14-,16+,17+/m0/s1. The summed E-state index contributed by atoms with van der Waals surface area (Å²) in [5.41, 5.74) is 1.01. The zero-order chi connectivity index (χ0) is 18.7. The third kappa shape index (κ3) is 8.47. The summed E-state index contributed by atoms with van der Waals surface area (Å²) in [5, 5.41) is 24.1. The number of aliphatic hydroxyl groups is 2. The zero-order valence-corrected chi connectivity index (χ0v) is 14.6. The molecule has 0 aliphatic heterocycles. The van der Waals surface area contributed by atoms with E-state index in [0.29, 0.717) is 12.8 Å². The van der Waals surface area contributed by atoms with Gasteiger partial charge in [-0.25, -0.2) is 0 Å². The van der Waals surface area contributed by atoms with Crippen LogP contribution in [-0.2, 0) is 16.0 Å². The second kappa shape index (κ2) is 11.4. The van der Waals surface area contributed by atoms with Crippen molar-refractivity contribution in [1.82, 2.24) is 10.6 Å². The van der Waals surface area contributed by atoms with Crippen LogP contribution in [0, 0.1) is 5.92 Å². The lowest BCUT2D eigenvalue weighted by Crippen LogP contribution is -2.42. The van der Waals surface area contributed by atoms with Crippen molar-refractivity contribution in [3.63, 3.8) is 0 Å². The molecule has 0 aliphatic rings. The minimum atomic E-state index is -0.646. The van der Waals surface area contributed by atoms with Gasteiger partial charge in [0.15, 0.2) is 0 Å². The molecular weight excluding hydrogens is 320 g/mol. The predicted octanol–water partition coefficient (Wildman–Crippen LogP) is 0.786. The quantitative estimate of drug-likeness (QED) is 0.444. The molecular formula is C19H28N2O4. The molecule has 138 valence electrons. The van der Waals surface area contributed by atoms with Gasteiger partial charge >= 0.3 is 0 Å². The summed E-state index contributed by atoms with van der Waals surface area (Å²) in [6, 6.07) is 9.16. The van der Waals surface area contributed by atoms with E-state index in [2.05, 4.69) is 17.2 Å². The molecule has 0 unspecified atom stereocenters. The number of rotatable bonds is 11. The van der Waals surface area contributed by atoms with Crippen LogP contribution in [0.5, 0.6) is 0 Å². The van der Waals surface area contributed by atoms with Crippen molar-refractivity contribution in [2.45, 2.75) is 38.3 Å². The molecule has 6 nitrogen and oxygen atoms in total. The molecule has 1 aromatic carbocycles. The van der Waals surface area contributed by atoms with E-state index in [1.165, 1.54) is 0 Å². The summed E-state index contributed by atoms with van der Waals surface area (Å²) >= 11 is 0. The molecule has 1 aromatic rings. The number of allylic oxidation sites excluding steroid dienone is 1. The smallest absolute Gasteiger partial charge is 0.224 e. The number of nitrogens with one attached hydrogen (secondary N) is 2. The largest absolute Gasteiger partial charge is 0.394 e. The van der Waals surface area contributed by atoms with Gasteiger partial charge in [0, 0.05) is 13.0 Å². The number of hydrogen-bond acceptors (Lipinski definition) is 4. The summed E-state index contributed by atoms with van der Waals surface area (Å²) < 4.78 is 0. The second-order valence-corrected chi connectivity index (χ2v) is 6.16. The molecule has 4 N–H and O–H groups in total. The van der Waals surface area contributed by atoms with E-state index < -0.39 is 18.1 Å². The number of aliphatic hydroxyl groups excluding tert-OH is 2. The van der Waals surface area contributed by atoms with Gasteiger partial charge in [-0.3, -0.25) is 9.59 Å². The average molecular weight is 348 g/mol. The lowest BCUT2D eigenvalue weighted by molar-refractivity contribution is -0.130. The summed E-state index contributed by atoms with van der Waals surface area (Å²) in [4.78, 5) is 24.4. The van der Waals surface area contributed by atoms with Crippen LogP contribution in [-0.4, -0.2) is 47.3 Å². The Labute approximate surface area is 148 Å². The molecule has 3 atom stereocenters. The van der Waals surface area contributed by atoms with Crippen LogP contribution in [0.3, 0.4) is 0 Å². The van der Waals surface area contributed by atoms with E-state index in [9.17, 15) is 19.8 Å². The minimum absolute atomic E-state index is 0.00293. The average Bonchev–Trinajstić information content (AvgIpc) is 2.59. The Balaban J connectivity index is 2.56. The molecule has 0 radical (unpaired) electrons. The van der Waals surface area contributed by atoms with Crippen molar-refractivity contribution in [2.24, 2.45) is 5.92 Å². The van der Waals surface area contributed by atoms with Crippen molar-refractivity contribution >= 4 is 11.8 Å². The third-order valence-corrected chi connectivity index (χ3v) is 3.74. The summed E-state index contributed by atoms with van der Waals surface area (Å²) in [6.07, 6.45) is 1.83. The zero-order valence-electron chi connectivity index (χ0n) is 14.6. The van der Waals surface area contributed by atoms with Gasteiger partial charge < -0.3 is 20.8 Å². The van der Waals surface area contributed by atoms with Crippen molar-refractivity contribution in [3.05, 3.63) is 48.6 Å². The van der Waals surface area contributed by atoms with Crippen molar-refractivity contribution in [2.75, 3.05) is 13.2 Å². The van der Waals surface area contributed by atoms with Crippen LogP contribution in [0.25, 0.3) is 0 Å². The molecule has 1 rings (SSSR count). The fourth-order valence-electron chi connectivity index (χ4n) is 2.45. The van der Waals surface area contributed by atoms with Crippen LogP contribution in [0.15, 0.2) is 43.0 Å². The van der Waals surface area contributed by atoms with Crippen LogP contribution in [0.4, 0.5) is 0 Å². The first-order valence-corrected chi connectivity index (χ1v) is 8.47. The van der Waals surface area contributed by atoms with E-state index in [0.717, 1.165) is 5.56 Å². The van der Waals surface area contributed by atoms with Crippen molar-refractivity contribution in [3.8, 4) is 0 Å². The van der Waals surface area contributed by atoms with Gasteiger partial charge in [0.1, 0.15) is 0 Å². The summed E-state index contributed by atoms with van der Waals surface area (Å²) in [7, 11) is 0. The number of benzene rings is 1. The van der Waals surface area contributed by atoms with Gasteiger partial charge in [-0.1, -0.05) is 36.4 Å². The van der Waals surface area contributed by atoms with Crippen molar-refractivity contribution < 1.29 is 19.8 Å². The van der Waals surface area contributed by atoms with Crippen LogP contribution in [0.2, 0.25) is 0 Å². The van der Waals surface area contributed by atoms with Crippen LogP contribution in [0.1, 0.15) is 25.3 Å². The maximum absolute atomic E-state index is 12.2. The van der Waals surface area contributed by atoms with Crippen molar-refractivity contribution in [1.29, 1.82) is 0 Å². The fraction of sp³-hybridized carbons (Fsp3) is 0.474. The number of amides is 2. The van der Waals surface area contributed by atoms with Gasteiger partial charge in [-0.15, -0.1) is 6.58 Å². The number of carbonyl (C=O) groups excluding carboxylic acids is 2. The Kier molecular flexibility index (Phi) is 9.50. The highest BCUT2D eigenvalue weighted by Crippen LogP contribution is 2.11. The maximum atomic E-state index is 12.2. The summed E-state index contributed by atoms with van der Waals surface area (Å²) in [6.45, 7) is 5.15. The van der Waals surface area contributed by atoms with Crippen LogP contribution < -0.4 is 10.6 Å². The van der Waals surface area contributed by atoms with Gasteiger partial charge in [-0.05, 0) is 25.3 Å². The first-order chi connectivity index (χ1) is 12.0. The van der Waals surface area contributed by atoms with E-state index in [-0.39, 0.29) is 31.4 Å². The lowest BCUT2D eigenvalue weighted by atomic mass is 9.99. The van der Waals surface area contributed by atoms with E-state index in [1.54, 1.807) is 13.0 Å². The highest BCUT2D eigenvalue weighted by atomic mass is 16.3. The minimum Gasteiger partial charge on any atom is -0.394 e. The Morgan fingerprint density at radius 2 is 1.96 bits per heavy atom. The number of hydrogen-bond donors (Lipinski definition) is 4. The topological polar surface area (TPSA) is 98.7 Å². The van der Waals surface area contributed by atoms with E-state index >= 15 is 0 Å². The van der Waals surface area contributed by atoms with E-state index in [4.69, 9.17) is 0 Å².